The molecule has 0 bridgehead atoms. The predicted octanol–water partition coefficient (Wildman–Crippen LogP) is 3.20. The molecule has 110 valence electrons. The maximum atomic E-state index is 13.4. The van der Waals surface area contributed by atoms with Crippen LogP contribution in [0.15, 0.2) is 36.4 Å². The number of nitrogens with one attached hydrogen (secondary N) is 2. The van der Waals surface area contributed by atoms with Crippen molar-refractivity contribution in [3.63, 3.8) is 0 Å². The van der Waals surface area contributed by atoms with E-state index in [2.05, 4.69) is 10.6 Å². The Morgan fingerprint density at radius 1 is 1.10 bits per heavy atom. The second-order valence-corrected chi connectivity index (χ2v) is 4.16. The average Bonchev–Trinajstić information content (AvgIpc) is 2.42. The highest BCUT2D eigenvalue weighted by Crippen LogP contribution is 2.26. The van der Waals surface area contributed by atoms with Gasteiger partial charge in [0.15, 0.2) is 0 Å². The van der Waals surface area contributed by atoms with Gasteiger partial charge in [0.25, 0.3) is 0 Å². The summed E-state index contributed by atoms with van der Waals surface area (Å²) in [6, 6.07) is 6.84. The largest absolute Gasteiger partial charge is 0.495 e. The summed E-state index contributed by atoms with van der Waals surface area (Å²) in [5.41, 5.74) is 6.24. The molecule has 0 fully saturated rings. The molecule has 7 heteroatoms. The number of ether oxygens (including phenoxy) is 1. The van der Waals surface area contributed by atoms with Crippen LogP contribution < -0.4 is 21.1 Å². The van der Waals surface area contributed by atoms with Crippen LogP contribution in [0.25, 0.3) is 0 Å². The molecule has 0 unspecified atom stereocenters. The Morgan fingerprint density at radius 3 is 2.48 bits per heavy atom. The van der Waals surface area contributed by atoms with Gasteiger partial charge in [-0.25, -0.2) is 13.6 Å². The molecule has 0 atom stereocenters. The Morgan fingerprint density at radius 2 is 1.81 bits per heavy atom. The lowest BCUT2D eigenvalue weighted by Crippen LogP contribution is -2.20. The van der Waals surface area contributed by atoms with Crippen molar-refractivity contribution >= 4 is 23.1 Å². The highest BCUT2D eigenvalue weighted by molar-refractivity contribution is 6.01. The highest BCUT2D eigenvalue weighted by atomic mass is 19.1. The predicted molar refractivity (Wildman–Crippen MR) is 76.4 cm³/mol. The van der Waals surface area contributed by atoms with Crippen molar-refractivity contribution in [1.29, 1.82) is 0 Å². The van der Waals surface area contributed by atoms with Gasteiger partial charge in [-0.2, -0.15) is 0 Å². The van der Waals surface area contributed by atoms with Gasteiger partial charge in [-0.1, -0.05) is 0 Å². The van der Waals surface area contributed by atoms with Gasteiger partial charge in [0.05, 0.1) is 18.5 Å². The SMILES string of the molecule is COc1ccc(N)cc1NC(=O)Nc1ccc(F)cc1F. The number of benzene rings is 2. The van der Waals surface area contributed by atoms with Crippen LogP contribution in [-0.2, 0) is 0 Å². The van der Waals surface area contributed by atoms with Gasteiger partial charge >= 0.3 is 6.03 Å². The minimum Gasteiger partial charge on any atom is -0.495 e. The van der Waals surface area contributed by atoms with Crippen molar-refractivity contribution in [3.8, 4) is 5.75 Å². The fourth-order valence-corrected chi connectivity index (χ4v) is 1.69. The first kappa shape index (κ1) is 14.6. The number of nitrogen functional groups attached to an aromatic ring is 1. The minimum absolute atomic E-state index is 0.142. The number of urea groups is 1. The number of rotatable bonds is 3. The quantitative estimate of drug-likeness (QED) is 0.761. The van der Waals surface area contributed by atoms with Gasteiger partial charge in [-0.05, 0) is 30.3 Å². The number of methoxy groups -OCH3 is 1. The topological polar surface area (TPSA) is 76.4 Å². The third-order valence-electron chi connectivity index (χ3n) is 2.65. The average molecular weight is 293 g/mol. The minimum atomic E-state index is -0.871. The van der Waals surface area contributed by atoms with Crippen LogP contribution in [0.4, 0.5) is 30.6 Å². The highest BCUT2D eigenvalue weighted by Gasteiger charge is 2.11. The molecule has 2 aromatic rings. The van der Waals surface area contributed by atoms with Crippen molar-refractivity contribution in [2.75, 3.05) is 23.5 Å². The zero-order chi connectivity index (χ0) is 15.4. The van der Waals surface area contributed by atoms with Crippen molar-refractivity contribution in [3.05, 3.63) is 48.0 Å². The molecule has 0 radical (unpaired) electrons. The van der Waals surface area contributed by atoms with Crippen molar-refractivity contribution in [2.24, 2.45) is 0 Å². The van der Waals surface area contributed by atoms with E-state index in [1.807, 2.05) is 0 Å². The lowest BCUT2D eigenvalue weighted by molar-refractivity contribution is 0.262. The summed E-state index contributed by atoms with van der Waals surface area (Å²) >= 11 is 0. The summed E-state index contributed by atoms with van der Waals surface area (Å²) in [7, 11) is 1.44. The van der Waals surface area contributed by atoms with E-state index in [-0.39, 0.29) is 5.69 Å². The van der Waals surface area contributed by atoms with Gasteiger partial charge in [0, 0.05) is 11.8 Å². The first-order chi connectivity index (χ1) is 9.99. The number of amides is 2. The monoisotopic (exact) mass is 293 g/mol. The second kappa shape index (κ2) is 6.08. The van der Waals surface area contributed by atoms with E-state index in [9.17, 15) is 13.6 Å². The number of halogens is 2. The van der Waals surface area contributed by atoms with Crippen LogP contribution in [0, 0.1) is 11.6 Å². The standard InChI is InChI=1S/C14H13F2N3O2/c1-21-13-5-3-9(17)7-12(13)19-14(20)18-11-4-2-8(15)6-10(11)16/h2-7H,17H2,1H3,(H2,18,19,20). The van der Waals surface area contributed by atoms with Crippen LogP contribution in [-0.4, -0.2) is 13.1 Å². The molecule has 0 saturated heterocycles. The van der Waals surface area contributed by atoms with Crippen LogP contribution in [0.3, 0.4) is 0 Å². The summed E-state index contributed by atoms with van der Waals surface area (Å²) in [5, 5.41) is 4.75. The maximum Gasteiger partial charge on any atom is 0.323 e. The third-order valence-corrected chi connectivity index (χ3v) is 2.65. The smallest absolute Gasteiger partial charge is 0.323 e. The van der Waals surface area contributed by atoms with Crippen LogP contribution in [0.1, 0.15) is 0 Å². The van der Waals surface area contributed by atoms with Crippen molar-refractivity contribution in [1.82, 2.24) is 0 Å². The number of hydrogen-bond donors (Lipinski definition) is 3. The zero-order valence-electron chi connectivity index (χ0n) is 11.1. The molecule has 0 aliphatic rings. The van der Waals surface area contributed by atoms with E-state index in [0.717, 1.165) is 12.1 Å². The third kappa shape index (κ3) is 3.59. The second-order valence-electron chi connectivity index (χ2n) is 4.16. The first-order valence-corrected chi connectivity index (χ1v) is 5.96. The maximum absolute atomic E-state index is 13.4. The van der Waals surface area contributed by atoms with E-state index >= 15 is 0 Å². The lowest BCUT2D eigenvalue weighted by Gasteiger charge is -2.12. The van der Waals surface area contributed by atoms with E-state index in [1.54, 1.807) is 12.1 Å². The van der Waals surface area contributed by atoms with E-state index in [1.165, 1.54) is 13.2 Å². The Labute approximate surface area is 119 Å². The molecule has 0 aliphatic carbocycles. The Hall–Kier alpha value is -2.83. The van der Waals surface area contributed by atoms with Gasteiger partial charge in [-0.3, -0.25) is 0 Å². The molecule has 5 nitrogen and oxygen atoms in total. The molecule has 0 spiro atoms. The summed E-state index contributed by atoms with van der Waals surface area (Å²) in [6.07, 6.45) is 0. The summed E-state index contributed by atoms with van der Waals surface area (Å²) < 4.78 is 31.3. The molecule has 0 aliphatic heterocycles. The molecular weight excluding hydrogens is 280 g/mol. The van der Waals surface area contributed by atoms with Gasteiger partial charge in [0.2, 0.25) is 0 Å². The summed E-state index contributed by atoms with van der Waals surface area (Å²) in [6.45, 7) is 0. The molecule has 0 saturated carbocycles. The molecule has 4 N–H and O–H groups in total. The Balaban J connectivity index is 2.13. The molecule has 0 aromatic heterocycles. The zero-order valence-corrected chi connectivity index (χ0v) is 11.1. The number of hydrogen-bond acceptors (Lipinski definition) is 3. The van der Waals surface area contributed by atoms with Gasteiger partial charge in [0.1, 0.15) is 17.4 Å². The van der Waals surface area contributed by atoms with E-state index in [4.69, 9.17) is 10.5 Å². The summed E-state index contributed by atoms with van der Waals surface area (Å²) in [4.78, 5) is 11.8. The number of nitrogens with two attached hydrogens (primary N) is 1. The molecule has 2 amide bonds. The number of carbonyl (C=O) groups is 1. The van der Waals surface area contributed by atoms with Gasteiger partial charge in [-0.15, -0.1) is 0 Å². The van der Waals surface area contributed by atoms with Crippen molar-refractivity contribution in [2.45, 2.75) is 0 Å². The number of carbonyl (C=O) groups excluding carboxylic acids is 1. The molecular formula is C14H13F2N3O2. The molecule has 0 heterocycles. The van der Waals surface area contributed by atoms with Crippen LogP contribution in [0.5, 0.6) is 5.75 Å². The summed E-state index contributed by atoms with van der Waals surface area (Å²) in [5.74, 6) is -1.19. The Kier molecular flexibility index (Phi) is 4.22. The number of anilines is 3. The normalized spacial score (nSPS) is 10.0. The van der Waals surface area contributed by atoms with Crippen molar-refractivity contribution < 1.29 is 18.3 Å². The van der Waals surface area contributed by atoms with Crippen LogP contribution >= 0.6 is 0 Å². The lowest BCUT2D eigenvalue weighted by atomic mass is 10.2. The molecule has 2 rings (SSSR count). The molecule has 21 heavy (non-hydrogen) atoms. The van der Waals surface area contributed by atoms with Gasteiger partial charge < -0.3 is 21.1 Å². The first-order valence-electron chi connectivity index (χ1n) is 5.96. The van der Waals surface area contributed by atoms with E-state index in [0.29, 0.717) is 23.2 Å². The molecule has 2 aromatic carbocycles. The van der Waals surface area contributed by atoms with Crippen LogP contribution in [0.2, 0.25) is 0 Å². The van der Waals surface area contributed by atoms with E-state index < -0.39 is 17.7 Å². The Bertz CT molecular complexity index is 677. The fraction of sp³-hybridized carbons (Fsp3) is 0.0714. The fourth-order valence-electron chi connectivity index (χ4n) is 1.69.